The predicted octanol–water partition coefficient (Wildman–Crippen LogP) is 1.97. The quantitative estimate of drug-likeness (QED) is 0.788. The molecule has 0 bridgehead atoms. The number of thioether (sulfide) groups is 1. The summed E-state index contributed by atoms with van der Waals surface area (Å²) in [6.07, 6.45) is 4.86. The topological polar surface area (TPSA) is 80.9 Å². The van der Waals surface area contributed by atoms with Gasteiger partial charge in [0.05, 0.1) is 5.75 Å². The van der Waals surface area contributed by atoms with Crippen molar-refractivity contribution >= 4 is 17.7 Å². The van der Waals surface area contributed by atoms with Gasteiger partial charge in [0, 0.05) is 30.8 Å². The van der Waals surface area contributed by atoms with Crippen LogP contribution < -0.4 is 0 Å². The van der Waals surface area contributed by atoms with Crippen LogP contribution in [0.4, 0.5) is 0 Å². The Morgan fingerprint density at radius 1 is 1.38 bits per heavy atom. The molecule has 0 atom stereocenters. The van der Waals surface area contributed by atoms with Gasteiger partial charge in [0.25, 0.3) is 0 Å². The molecular weight excluding hydrogens is 288 g/mol. The van der Waals surface area contributed by atoms with Gasteiger partial charge >= 0.3 is 5.97 Å². The third-order valence-corrected chi connectivity index (χ3v) is 4.28. The van der Waals surface area contributed by atoms with E-state index in [1.165, 1.54) is 11.8 Å². The van der Waals surface area contributed by atoms with Crippen molar-refractivity contribution in [1.82, 2.24) is 19.7 Å². The summed E-state index contributed by atoms with van der Waals surface area (Å²) >= 11 is 1.23. The Morgan fingerprint density at radius 2 is 2.24 bits per heavy atom. The van der Waals surface area contributed by atoms with Crippen molar-refractivity contribution in [3.8, 4) is 0 Å². The lowest BCUT2D eigenvalue weighted by Gasteiger charge is -2.08. The first-order valence-electron chi connectivity index (χ1n) is 6.91. The van der Waals surface area contributed by atoms with Gasteiger partial charge in [-0.05, 0) is 25.0 Å². The van der Waals surface area contributed by atoms with Crippen LogP contribution in [0.5, 0.6) is 0 Å². The second-order valence-corrected chi connectivity index (χ2v) is 5.96. The third kappa shape index (κ3) is 3.60. The van der Waals surface area contributed by atoms with Crippen LogP contribution in [0.15, 0.2) is 29.6 Å². The minimum Gasteiger partial charge on any atom is -0.481 e. The Bertz CT molecular complexity index is 625. The number of hydrogen-bond acceptors (Lipinski definition) is 5. The van der Waals surface area contributed by atoms with Crippen LogP contribution in [0.3, 0.4) is 0 Å². The summed E-state index contributed by atoms with van der Waals surface area (Å²) in [5.41, 5.74) is 1.02. The third-order valence-electron chi connectivity index (χ3n) is 3.33. The molecule has 2 heterocycles. The Kier molecular flexibility index (Phi) is 4.19. The second-order valence-electron chi connectivity index (χ2n) is 5.02. The molecular formula is C14H16N4O2S. The molecule has 0 aliphatic heterocycles. The first-order valence-corrected chi connectivity index (χ1v) is 7.90. The zero-order valence-electron chi connectivity index (χ0n) is 11.5. The van der Waals surface area contributed by atoms with Crippen LogP contribution in [-0.2, 0) is 17.8 Å². The van der Waals surface area contributed by atoms with Crippen molar-refractivity contribution in [2.75, 3.05) is 5.75 Å². The Morgan fingerprint density at radius 3 is 2.90 bits per heavy atom. The van der Waals surface area contributed by atoms with E-state index in [0.29, 0.717) is 11.1 Å². The molecule has 2 aromatic heterocycles. The molecule has 1 aliphatic carbocycles. The summed E-state index contributed by atoms with van der Waals surface area (Å²) in [6.45, 7) is 0.734. The summed E-state index contributed by atoms with van der Waals surface area (Å²) < 4.78 is 2.06. The van der Waals surface area contributed by atoms with Crippen molar-refractivity contribution in [2.24, 2.45) is 0 Å². The molecule has 7 heteroatoms. The largest absolute Gasteiger partial charge is 0.481 e. The molecule has 0 saturated heterocycles. The minimum atomic E-state index is -0.841. The highest BCUT2D eigenvalue weighted by Gasteiger charge is 2.30. The summed E-state index contributed by atoms with van der Waals surface area (Å²) in [5, 5.41) is 17.9. The molecule has 1 N–H and O–H groups in total. The number of hydrogen-bond donors (Lipinski definition) is 1. The number of rotatable bonds is 7. The molecule has 6 nitrogen and oxygen atoms in total. The lowest BCUT2D eigenvalue weighted by Crippen LogP contribution is -2.09. The summed E-state index contributed by atoms with van der Waals surface area (Å²) in [6, 6.07) is 5.85. The van der Waals surface area contributed by atoms with Crippen molar-refractivity contribution in [3.63, 3.8) is 0 Å². The van der Waals surface area contributed by atoms with E-state index in [1.54, 1.807) is 6.20 Å². The molecule has 0 amide bonds. The number of carboxylic acid groups (broad SMARTS) is 1. The molecule has 1 saturated carbocycles. The maximum absolute atomic E-state index is 10.7. The van der Waals surface area contributed by atoms with Gasteiger partial charge in [0.1, 0.15) is 5.82 Å². The normalized spacial score (nSPS) is 14.3. The maximum Gasteiger partial charge on any atom is 0.313 e. The number of nitrogens with zero attached hydrogens (tertiary/aromatic N) is 4. The fraction of sp³-hybridized carbons (Fsp3) is 0.429. The van der Waals surface area contributed by atoms with Crippen LogP contribution in [0, 0.1) is 0 Å². The highest BCUT2D eigenvalue weighted by atomic mass is 32.2. The minimum absolute atomic E-state index is 0.00634. The molecule has 2 aromatic rings. The number of pyridine rings is 1. The van der Waals surface area contributed by atoms with Gasteiger partial charge in [-0.1, -0.05) is 17.8 Å². The summed E-state index contributed by atoms with van der Waals surface area (Å²) in [4.78, 5) is 15.0. The average Bonchev–Trinajstić information content (AvgIpc) is 3.25. The maximum atomic E-state index is 10.7. The van der Waals surface area contributed by atoms with Gasteiger partial charge in [-0.3, -0.25) is 9.78 Å². The van der Waals surface area contributed by atoms with E-state index in [4.69, 9.17) is 5.11 Å². The monoisotopic (exact) mass is 304 g/mol. The number of aryl methyl sites for hydroxylation is 1. The standard InChI is InChI=1S/C14H16N4O2S/c19-12(20)9-21-14-17-16-13(10-4-5-10)18(14)8-6-11-3-1-2-7-15-11/h1-3,7,10H,4-6,8-9H2,(H,19,20). The highest BCUT2D eigenvalue weighted by molar-refractivity contribution is 7.99. The van der Waals surface area contributed by atoms with E-state index in [0.717, 1.165) is 37.3 Å². The smallest absolute Gasteiger partial charge is 0.313 e. The van der Waals surface area contributed by atoms with Crippen molar-refractivity contribution in [1.29, 1.82) is 0 Å². The number of aliphatic carboxylic acids is 1. The SMILES string of the molecule is O=C(O)CSc1nnc(C2CC2)n1CCc1ccccn1. The van der Waals surface area contributed by atoms with Crippen LogP contribution in [0.1, 0.15) is 30.3 Å². The molecule has 110 valence electrons. The average molecular weight is 304 g/mol. The van der Waals surface area contributed by atoms with E-state index in [1.807, 2.05) is 18.2 Å². The predicted molar refractivity (Wildman–Crippen MR) is 78.3 cm³/mol. The van der Waals surface area contributed by atoms with Gasteiger partial charge < -0.3 is 9.67 Å². The zero-order chi connectivity index (χ0) is 14.7. The number of aromatic nitrogens is 4. The molecule has 0 radical (unpaired) electrons. The highest BCUT2D eigenvalue weighted by Crippen LogP contribution is 2.40. The van der Waals surface area contributed by atoms with E-state index in [9.17, 15) is 4.79 Å². The van der Waals surface area contributed by atoms with Gasteiger partial charge in [0.15, 0.2) is 5.16 Å². The molecule has 0 aromatic carbocycles. The lowest BCUT2D eigenvalue weighted by atomic mass is 10.2. The van der Waals surface area contributed by atoms with Crippen LogP contribution in [0.2, 0.25) is 0 Å². The zero-order valence-corrected chi connectivity index (χ0v) is 12.3. The Hall–Kier alpha value is -1.89. The first kappa shape index (κ1) is 14.1. The fourth-order valence-electron chi connectivity index (χ4n) is 2.16. The van der Waals surface area contributed by atoms with Gasteiger partial charge in [0.2, 0.25) is 0 Å². The summed E-state index contributed by atoms with van der Waals surface area (Å²) in [5.74, 6) is 0.637. The van der Waals surface area contributed by atoms with Crippen LogP contribution in [0.25, 0.3) is 0 Å². The molecule has 0 spiro atoms. The van der Waals surface area contributed by atoms with Gasteiger partial charge in [-0.2, -0.15) is 0 Å². The Labute approximate surface area is 126 Å². The van der Waals surface area contributed by atoms with E-state index in [-0.39, 0.29) is 5.75 Å². The van der Waals surface area contributed by atoms with Crippen molar-refractivity contribution < 1.29 is 9.90 Å². The van der Waals surface area contributed by atoms with Crippen LogP contribution in [-0.4, -0.2) is 36.6 Å². The summed E-state index contributed by atoms with van der Waals surface area (Å²) in [7, 11) is 0. The molecule has 21 heavy (non-hydrogen) atoms. The Balaban J connectivity index is 1.74. The first-order chi connectivity index (χ1) is 10.2. The lowest BCUT2D eigenvalue weighted by molar-refractivity contribution is -0.133. The van der Waals surface area contributed by atoms with E-state index in [2.05, 4.69) is 19.7 Å². The molecule has 0 unspecified atom stereocenters. The van der Waals surface area contributed by atoms with Crippen molar-refractivity contribution in [2.45, 2.75) is 36.9 Å². The van der Waals surface area contributed by atoms with Crippen LogP contribution >= 0.6 is 11.8 Å². The molecule has 3 rings (SSSR count). The van der Waals surface area contributed by atoms with E-state index >= 15 is 0 Å². The second kappa shape index (κ2) is 6.26. The van der Waals surface area contributed by atoms with Gasteiger partial charge in [-0.25, -0.2) is 0 Å². The number of carboxylic acids is 1. The molecule has 1 aliphatic rings. The van der Waals surface area contributed by atoms with Gasteiger partial charge in [-0.15, -0.1) is 10.2 Å². The van der Waals surface area contributed by atoms with Crippen molar-refractivity contribution in [3.05, 3.63) is 35.9 Å². The fourth-order valence-corrected chi connectivity index (χ4v) is 2.85. The molecule has 1 fully saturated rings. The number of carbonyl (C=O) groups is 1. The van der Waals surface area contributed by atoms with E-state index < -0.39 is 5.97 Å².